The van der Waals surface area contributed by atoms with Crippen LogP contribution >= 0.6 is 11.3 Å². The highest BCUT2D eigenvalue weighted by atomic mass is 32.1. The molecule has 3 rings (SSSR count). The van der Waals surface area contributed by atoms with E-state index in [2.05, 4.69) is 15.3 Å². The van der Waals surface area contributed by atoms with Gasteiger partial charge in [0.15, 0.2) is 0 Å². The number of thiazole rings is 1. The quantitative estimate of drug-likeness (QED) is 0.678. The van der Waals surface area contributed by atoms with Crippen molar-refractivity contribution in [2.75, 3.05) is 18.4 Å². The molecule has 0 atom stereocenters. The Labute approximate surface area is 168 Å². The van der Waals surface area contributed by atoms with E-state index in [4.69, 9.17) is 0 Å². The highest BCUT2D eigenvalue weighted by Crippen LogP contribution is 2.27. The van der Waals surface area contributed by atoms with Gasteiger partial charge in [0.1, 0.15) is 9.88 Å². The van der Waals surface area contributed by atoms with Crippen molar-refractivity contribution in [3.8, 4) is 10.7 Å². The molecule has 2 heterocycles. The molecular weight excluding hydrogens is 372 g/mol. The maximum Gasteiger partial charge on any atom is 0.267 e. The van der Waals surface area contributed by atoms with E-state index in [1.807, 2.05) is 32.0 Å². The first-order valence-corrected chi connectivity index (χ1v) is 9.94. The predicted octanol–water partition coefficient (Wildman–Crippen LogP) is 4.25. The normalized spacial score (nSPS) is 10.5. The summed E-state index contributed by atoms with van der Waals surface area (Å²) in [4.78, 5) is 36.3. The third kappa shape index (κ3) is 4.26. The number of anilines is 1. The van der Waals surface area contributed by atoms with Crippen LogP contribution in [0.15, 0.2) is 48.7 Å². The van der Waals surface area contributed by atoms with Gasteiger partial charge in [-0.05, 0) is 51.1 Å². The number of benzene rings is 1. The summed E-state index contributed by atoms with van der Waals surface area (Å²) in [6, 6.07) is 12.6. The van der Waals surface area contributed by atoms with E-state index in [-0.39, 0.29) is 11.8 Å². The van der Waals surface area contributed by atoms with Crippen LogP contribution in [-0.2, 0) is 0 Å². The molecular formula is C21H22N4O2S. The Morgan fingerprint density at radius 2 is 1.89 bits per heavy atom. The fourth-order valence-electron chi connectivity index (χ4n) is 2.82. The van der Waals surface area contributed by atoms with Gasteiger partial charge in [0.05, 0.1) is 11.4 Å². The van der Waals surface area contributed by atoms with Crippen molar-refractivity contribution in [1.29, 1.82) is 0 Å². The van der Waals surface area contributed by atoms with Gasteiger partial charge in [-0.25, -0.2) is 4.98 Å². The van der Waals surface area contributed by atoms with Crippen molar-refractivity contribution in [3.05, 3.63) is 64.8 Å². The van der Waals surface area contributed by atoms with Crippen molar-refractivity contribution in [2.24, 2.45) is 0 Å². The van der Waals surface area contributed by atoms with Crippen LogP contribution < -0.4 is 5.32 Å². The molecule has 0 fully saturated rings. The Hall–Kier alpha value is -3.06. The maximum atomic E-state index is 12.8. The zero-order valence-corrected chi connectivity index (χ0v) is 16.9. The van der Waals surface area contributed by atoms with Gasteiger partial charge in [0, 0.05) is 30.5 Å². The number of aromatic nitrogens is 2. The van der Waals surface area contributed by atoms with E-state index in [9.17, 15) is 9.59 Å². The van der Waals surface area contributed by atoms with Crippen LogP contribution in [0.1, 0.15) is 39.6 Å². The molecule has 1 aromatic carbocycles. The predicted molar refractivity (Wildman–Crippen MR) is 112 cm³/mol. The standard InChI is InChI=1S/C21H22N4O2S/c1-4-25(5-2)21(27)15-9-8-10-16(13-15)24-19(26)18-14(3)23-20(28-18)17-11-6-7-12-22-17/h6-13H,4-5H2,1-3H3,(H,24,26). The Kier molecular flexibility index (Phi) is 6.16. The van der Waals surface area contributed by atoms with Gasteiger partial charge in [0.25, 0.3) is 11.8 Å². The minimum absolute atomic E-state index is 0.0486. The summed E-state index contributed by atoms with van der Waals surface area (Å²) < 4.78 is 0. The number of nitrogens with zero attached hydrogens (tertiary/aromatic N) is 3. The molecule has 0 aliphatic carbocycles. The largest absolute Gasteiger partial charge is 0.339 e. The summed E-state index contributed by atoms with van der Waals surface area (Å²) in [5.41, 5.74) is 2.52. The molecule has 0 unspecified atom stereocenters. The lowest BCUT2D eigenvalue weighted by Crippen LogP contribution is -2.30. The molecule has 28 heavy (non-hydrogen) atoms. The Bertz CT molecular complexity index is 981. The Morgan fingerprint density at radius 3 is 2.57 bits per heavy atom. The Balaban J connectivity index is 1.80. The van der Waals surface area contributed by atoms with Crippen LogP contribution in [0, 0.1) is 6.92 Å². The summed E-state index contributed by atoms with van der Waals surface area (Å²) in [5.74, 6) is -0.294. The number of pyridine rings is 1. The number of amides is 2. The lowest BCUT2D eigenvalue weighted by atomic mass is 10.1. The van der Waals surface area contributed by atoms with Crippen LogP contribution in [0.25, 0.3) is 10.7 Å². The van der Waals surface area contributed by atoms with Crippen LogP contribution in [0.5, 0.6) is 0 Å². The van der Waals surface area contributed by atoms with Gasteiger partial charge >= 0.3 is 0 Å². The van der Waals surface area contributed by atoms with Gasteiger partial charge in [-0.15, -0.1) is 11.3 Å². The number of nitrogens with one attached hydrogen (secondary N) is 1. The fourth-order valence-corrected chi connectivity index (χ4v) is 3.76. The molecule has 7 heteroatoms. The van der Waals surface area contributed by atoms with Crippen LogP contribution in [0.3, 0.4) is 0 Å². The molecule has 1 N–H and O–H groups in total. The first kappa shape index (κ1) is 19.7. The molecule has 6 nitrogen and oxygen atoms in total. The first-order chi connectivity index (χ1) is 13.5. The van der Waals surface area contributed by atoms with Gasteiger partial charge in [-0.3, -0.25) is 14.6 Å². The summed E-state index contributed by atoms with van der Waals surface area (Å²) in [5, 5.41) is 3.58. The molecule has 0 spiro atoms. The zero-order chi connectivity index (χ0) is 20.1. The van der Waals surface area contributed by atoms with E-state index in [1.165, 1.54) is 11.3 Å². The monoisotopic (exact) mass is 394 g/mol. The first-order valence-electron chi connectivity index (χ1n) is 9.13. The third-order valence-electron chi connectivity index (χ3n) is 4.30. The molecule has 0 saturated carbocycles. The second kappa shape index (κ2) is 8.75. The fraction of sp³-hybridized carbons (Fsp3) is 0.238. The lowest BCUT2D eigenvalue weighted by molar-refractivity contribution is 0.0772. The van der Waals surface area contributed by atoms with Gasteiger partial charge in [0.2, 0.25) is 0 Å². The number of carbonyl (C=O) groups excluding carboxylic acids is 2. The van der Waals surface area contributed by atoms with Crippen molar-refractivity contribution < 1.29 is 9.59 Å². The van der Waals surface area contributed by atoms with Crippen molar-refractivity contribution >= 4 is 28.8 Å². The molecule has 0 aliphatic heterocycles. The SMILES string of the molecule is CCN(CC)C(=O)c1cccc(NC(=O)c2sc(-c3ccccn3)nc2C)c1. The molecule has 0 aliphatic rings. The molecule has 0 bridgehead atoms. The molecule has 3 aromatic rings. The van der Waals surface area contributed by atoms with E-state index in [0.717, 1.165) is 5.69 Å². The number of hydrogen-bond donors (Lipinski definition) is 1. The van der Waals surface area contributed by atoms with Crippen LogP contribution in [0.2, 0.25) is 0 Å². The summed E-state index contributed by atoms with van der Waals surface area (Å²) in [7, 11) is 0. The molecule has 144 valence electrons. The van der Waals surface area contributed by atoms with Crippen LogP contribution in [-0.4, -0.2) is 39.8 Å². The molecule has 0 radical (unpaired) electrons. The summed E-state index contributed by atoms with van der Waals surface area (Å²) >= 11 is 1.30. The smallest absolute Gasteiger partial charge is 0.267 e. The topological polar surface area (TPSA) is 75.2 Å². The van der Waals surface area contributed by atoms with E-state index < -0.39 is 0 Å². The third-order valence-corrected chi connectivity index (χ3v) is 5.48. The van der Waals surface area contributed by atoms with Crippen molar-refractivity contribution in [1.82, 2.24) is 14.9 Å². The highest BCUT2D eigenvalue weighted by molar-refractivity contribution is 7.17. The minimum Gasteiger partial charge on any atom is -0.339 e. The molecule has 0 saturated heterocycles. The number of aryl methyl sites for hydroxylation is 1. The second-order valence-corrected chi connectivity index (χ2v) is 7.16. The number of hydrogen-bond acceptors (Lipinski definition) is 5. The van der Waals surface area contributed by atoms with Gasteiger partial charge in [-0.2, -0.15) is 0 Å². The van der Waals surface area contributed by atoms with E-state index in [1.54, 1.807) is 42.3 Å². The maximum absolute atomic E-state index is 12.8. The van der Waals surface area contributed by atoms with Crippen molar-refractivity contribution in [3.63, 3.8) is 0 Å². The van der Waals surface area contributed by atoms with Crippen molar-refractivity contribution in [2.45, 2.75) is 20.8 Å². The lowest BCUT2D eigenvalue weighted by Gasteiger charge is -2.19. The number of carbonyl (C=O) groups is 2. The van der Waals surface area contributed by atoms with E-state index in [0.29, 0.717) is 39.9 Å². The second-order valence-electron chi connectivity index (χ2n) is 6.16. The Morgan fingerprint density at radius 1 is 1.11 bits per heavy atom. The average Bonchev–Trinajstić information content (AvgIpc) is 3.11. The van der Waals surface area contributed by atoms with E-state index >= 15 is 0 Å². The average molecular weight is 395 g/mol. The summed E-state index contributed by atoms with van der Waals surface area (Å²) in [6.45, 7) is 6.97. The minimum atomic E-state index is -0.246. The zero-order valence-electron chi connectivity index (χ0n) is 16.1. The summed E-state index contributed by atoms with van der Waals surface area (Å²) in [6.07, 6.45) is 1.70. The van der Waals surface area contributed by atoms with Crippen LogP contribution in [0.4, 0.5) is 5.69 Å². The number of rotatable bonds is 6. The highest BCUT2D eigenvalue weighted by Gasteiger charge is 2.18. The van der Waals surface area contributed by atoms with Gasteiger partial charge in [-0.1, -0.05) is 12.1 Å². The molecule has 2 aromatic heterocycles. The molecule has 2 amide bonds. The van der Waals surface area contributed by atoms with Gasteiger partial charge < -0.3 is 10.2 Å².